The molecule has 0 fully saturated rings. The summed E-state index contributed by atoms with van der Waals surface area (Å²) in [5.41, 5.74) is 1.03. The minimum Gasteiger partial charge on any atom is -0.392 e. The van der Waals surface area contributed by atoms with Gasteiger partial charge in [-0.25, -0.2) is 0 Å². The minimum atomic E-state index is -0.323. The molecule has 0 aromatic heterocycles. The third-order valence-electron chi connectivity index (χ3n) is 2.22. The third-order valence-corrected chi connectivity index (χ3v) is 4.48. The molecule has 96 valence electrons. The fraction of sp³-hybridized carbons (Fsp3) is 0.538. The number of benzene rings is 1. The normalized spacial score (nSPS) is 13.1. The van der Waals surface area contributed by atoms with Crippen molar-refractivity contribution in [2.24, 2.45) is 5.92 Å². The van der Waals surface area contributed by atoms with E-state index in [0.717, 1.165) is 17.1 Å². The monoisotopic (exact) mass is 292 g/mol. The van der Waals surface area contributed by atoms with Crippen molar-refractivity contribution >= 4 is 35.0 Å². The molecule has 1 unspecified atom stereocenters. The fourth-order valence-corrected chi connectivity index (χ4v) is 2.76. The van der Waals surface area contributed by atoms with E-state index in [0.29, 0.717) is 22.4 Å². The Labute approximate surface area is 118 Å². The number of hydrogen-bond acceptors (Lipinski definition) is 2. The smallest absolute Gasteiger partial charge is 0.0670 e. The summed E-state index contributed by atoms with van der Waals surface area (Å²) in [5, 5.41) is 11.0. The maximum Gasteiger partial charge on any atom is 0.0670 e. The van der Waals surface area contributed by atoms with Crippen LogP contribution in [0.15, 0.2) is 18.2 Å². The largest absolute Gasteiger partial charge is 0.392 e. The first-order chi connectivity index (χ1) is 7.99. The zero-order valence-corrected chi connectivity index (χ0v) is 12.4. The van der Waals surface area contributed by atoms with Crippen LogP contribution in [0.2, 0.25) is 10.0 Å². The molecule has 0 aliphatic rings. The predicted octanol–water partition coefficient (Wildman–Crippen LogP) is 4.29. The van der Waals surface area contributed by atoms with Crippen LogP contribution in [0.4, 0.5) is 0 Å². The molecule has 0 spiro atoms. The molecule has 4 heteroatoms. The molecule has 1 aromatic rings. The molecule has 1 N–H and O–H groups in total. The summed E-state index contributed by atoms with van der Waals surface area (Å²) in [7, 11) is 0. The van der Waals surface area contributed by atoms with E-state index < -0.39 is 0 Å². The van der Waals surface area contributed by atoms with Crippen molar-refractivity contribution in [3.05, 3.63) is 33.8 Å². The van der Waals surface area contributed by atoms with Gasteiger partial charge in [0.2, 0.25) is 0 Å². The number of thioether (sulfide) groups is 1. The van der Waals surface area contributed by atoms with Gasteiger partial charge in [-0.2, -0.15) is 11.8 Å². The van der Waals surface area contributed by atoms with Crippen molar-refractivity contribution < 1.29 is 5.11 Å². The maximum atomic E-state index is 9.88. The van der Waals surface area contributed by atoms with Crippen LogP contribution in [0.1, 0.15) is 19.4 Å². The Morgan fingerprint density at radius 2 is 1.88 bits per heavy atom. The summed E-state index contributed by atoms with van der Waals surface area (Å²) in [6.07, 6.45) is 0.304. The topological polar surface area (TPSA) is 20.2 Å². The molecule has 1 nitrogen and oxygen atoms in total. The molecule has 0 saturated heterocycles. The van der Waals surface area contributed by atoms with E-state index in [-0.39, 0.29) is 6.10 Å². The van der Waals surface area contributed by atoms with Gasteiger partial charge in [-0.1, -0.05) is 43.1 Å². The Hall–Kier alpha value is 0.110. The zero-order chi connectivity index (χ0) is 12.8. The first-order valence-corrected chi connectivity index (χ1v) is 7.60. The van der Waals surface area contributed by atoms with Crippen LogP contribution >= 0.6 is 35.0 Å². The van der Waals surface area contributed by atoms with Gasteiger partial charge in [0.05, 0.1) is 16.1 Å². The third kappa shape index (κ3) is 6.01. The van der Waals surface area contributed by atoms with Crippen molar-refractivity contribution in [3.8, 4) is 0 Å². The van der Waals surface area contributed by atoms with Crippen LogP contribution in [-0.4, -0.2) is 22.7 Å². The van der Waals surface area contributed by atoms with Crippen molar-refractivity contribution in [2.45, 2.75) is 26.4 Å². The Morgan fingerprint density at radius 3 is 2.47 bits per heavy atom. The lowest BCUT2D eigenvalue weighted by molar-refractivity contribution is 0.200. The second kappa shape index (κ2) is 7.52. The van der Waals surface area contributed by atoms with Crippen molar-refractivity contribution in [1.29, 1.82) is 0 Å². The van der Waals surface area contributed by atoms with Gasteiger partial charge >= 0.3 is 0 Å². The van der Waals surface area contributed by atoms with Gasteiger partial charge in [-0.05, 0) is 35.8 Å². The first kappa shape index (κ1) is 15.2. The van der Waals surface area contributed by atoms with Gasteiger partial charge in [-0.15, -0.1) is 0 Å². The molecule has 1 rings (SSSR count). The summed E-state index contributed by atoms with van der Waals surface area (Å²) in [6.45, 7) is 4.36. The number of halogens is 2. The van der Waals surface area contributed by atoms with Crippen molar-refractivity contribution in [2.75, 3.05) is 11.5 Å². The highest BCUT2D eigenvalue weighted by atomic mass is 35.5. The minimum absolute atomic E-state index is 0.323. The van der Waals surface area contributed by atoms with Crippen LogP contribution in [0.25, 0.3) is 0 Å². The molecule has 1 atom stereocenters. The van der Waals surface area contributed by atoms with Gasteiger partial charge in [0, 0.05) is 5.75 Å². The molecular weight excluding hydrogens is 275 g/mol. The highest BCUT2D eigenvalue weighted by molar-refractivity contribution is 7.99. The van der Waals surface area contributed by atoms with E-state index in [1.807, 2.05) is 12.1 Å². The summed E-state index contributed by atoms with van der Waals surface area (Å²) < 4.78 is 0. The zero-order valence-electron chi connectivity index (χ0n) is 10.1. The van der Waals surface area contributed by atoms with E-state index in [9.17, 15) is 5.11 Å². The number of aliphatic hydroxyl groups excluding tert-OH is 1. The van der Waals surface area contributed by atoms with E-state index in [1.165, 1.54) is 0 Å². The Morgan fingerprint density at radius 1 is 1.18 bits per heavy atom. The van der Waals surface area contributed by atoms with Gasteiger partial charge in [-0.3, -0.25) is 0 Å². The number of hydrogen-bond donors (Lipinski definition) is 1. The first-order valence-electron chi connectivity index (χ1n) is 5.68. The summed E-state index contributed by atoms with van der Waals surface area (Å²) >= 11 is 13.5. The maximum absolute atomic E-state index is 9.88. The van der Waals surface area contributed by atoms with E-state index in [2.05, 4.69) is 13.8 Å². The molecule has 17 heavy (non-hydrogen) atoms. The second-order valence-corrected chi connectivity index (χ2v) is 6.43. The molecule has 0 saturated carbocycles. The average Bonchev–Trinajstić information content (AvgIpc) is 2.23. The van der Waals surface area contributed by atoms with E-state index >= 15 is 0 Å². The molecular formula is C13H18Cl2OS. The van der Waals surface area contributed by atoms with Crippen LogP contribution in [0, 0.1) is 5.92 Å². The SMILES string of the molecule is CC(C)CSCC(O)Cc1ccc(Cl)c(Cl)c1. The van der Waals surface area contributed by atoms with Crippen LogP contribution in [0.5, 0.6) is 0 Å². The Bertz CT molecular complexity index is 355. The lowest BCUT2D eigenvalue weighted by Crippen LogP contribution is -2.14. The fourth-order valence-electron chi connectivity index (χ4n) is 1.44. The summed E-state index contributed by atoms with van der Waals surface area (Å²) in [4.78, 5) is 0. The average molecular weight is 293 g/mol. The van der Waals surface area contributed by atoms with Crippen LogP contribution in [-0.2, 0) is 6.42 Å². The Balaban J connectivity index is 2.39. The molecule has 1 aromatic carbocycles. The van der Waals surface area contributed by atoms with Gasteiger partial charge in [0.15, 0.2) is 0 Å². The van der Waals surface area contributed by atoms with Crippen LogP contribution in [0.3, 0.4) is 0 Å². The summed E-state index contributed by atoms with van der Waals surface area (Å²) in [6, 6.07) is 5.50. The molecule has 0 heterocycles. The molecule has 0 bridgehead atoms. The standard InChI is InChI=1S/C13H18Cl2OS/c1-9(2)7-17-8-11(16)5-10-3-4-12(14)13(15)6-10/h3-4,6,9,11,16H,5,7-8H2,1-2H3. The lowest BCUT2D eigenvalue weighted by Gasteiger charge is -2.12. The molecule has 0 radical (unpaired) electrons. The number of aliphatic hydroxyl groups is 1. The molecule has 0 aliphatic heterocycles. The summed E-state index contributed by atoms with van der Waals surface area (Å²) in [5.74, 6) is 2.51. The molecule has 0 aliphatic carbocycles. The van der Waals surface area contributed by atoms with Gasteiger partial charge < -0.3 is 5.11 Å². The van der Waals surface area contributed by atoms with Crippen molar-refractivity contribution in [3.63, 3.8) is 0 Å². The van der Waals surface area contributed by atoms with Gasteiger partial charge in [0.1, 0.15) is 0 Å². The predicted molar refractivity (Wildman–Crippen MR) is 78.3 cm³/mol. The van der Waals surface area contributed by atoms with Crippen LogP contribution < -0.4 is 0 Å². The highest BCUT2D eigenvalue weighted by Crippen LogP contribution is 2.23. The highest BCUT2D eigenvalue weighted by Gasteiger charge is 2.08. The van der Waals surface area contributed by atoms with Gasteiger partial charge in [0.25, 0.3) is 0 Å². The number of rotatable bonds is 6. The lowest BCUT2D eigenvalue weighted by atomic mass is 10.1. The van der Waals surface area contributed by atoms with E-state index in [4.69, 9.17) is 23.2 Å². The molecule has 0 amide bonds. The second-order valence-electron chi connectivity index (χ2n) is 4.54. The van der Waals surface area contributed by atoms with E-state index in [1.54, 1.807) is 17.8 Å². The quantitative estimate of drug-likeness (QED) is 0.844. The van der Waals surface area contributed by atoms with Crippen molar-refractivity contribution in [1.82, 2.24) is 0 Å². The Kier molecular flexibility index (Phi) is 6.71.